The minimum absolute atomic E-state index is 0.244. The second-order valence-corrected chi connectivity index (χ2v) is 3.86. The van der Waals surface area contributed by atoms with Crippen molar-refractivity contribution in [2.75, 3.05) is 13.7 Å². The lowest BCUT2D eigenvalue weighted by atomic mass is 10.1. The molecule has 98 valence electrons. The van der Waals surface area contributed by atoms with Crippen LogP contribution >= 0.6 is 0 Å². The number of carbonyl (C=O) groups excluding carboxylic acids is 2. The molecule has 1 aromatic rings. The van der Waals surface area contributed by atoms with Gasteiger partial charge in [0.05, 0.1) is 7.11 Å². The van der Waals surface area contributed by atoms with E-state index >= 15 is 0 Å². The van der Waals surface area contributed by atoms with Crippen LogP contribution in [0.5, 0.6) is 0 Å². The molecule has 0 bridgehead atoms. The Labute approximate surface area is 106 Å². The molecule has 0 heterocycles. The van der Waals surface area contributed by atoms with Crippen LogP contribution in [0.2, 0.25) is 0 Å². The molecule has 5 heteroatoms. The summed E-state index contributed by atoms with van der Waals surface area (Å²) < 4.78 is 4.50. The van der Waals surface area contributed by atoms with Gasteiger partial charge in [-0.05, 0) is 12.0 Å². The molecule has 0 saturated heterocycles. The SMILES string of the molecule is COC(=O)CCCNC(=O)[C@@H](N)c1ccccc1. The van der Waals surface area contributed by atoms with Crippen LogP contribution in [0.4, 0.5) is 0 Å². The molecule has 0 aliphatic heterocycles. The number of methoxy groups -OCH3 is 1. The maximum Gasteiger partial charge on any atom is 0.305 e. The lowest BCUT2D eigenvalue weighted by Gasteiger charge is -2.12. The molecule has 0 fully saturated rings. The summed E-state index contributed by atoms with van der Waals surface area (Å²) in [5.74, 6) is -0.525. The quantitative estimate of drug-likeness (QED) is 0.577. The first-order valence-electron chi connectivity index (χ1n) is 5.80. The lowest BCUT2D eigenvalue weighted by Crippen LogP contribution is -2.34. The van der Waals surface area contributed by atoms with Crippen molar-refractivity contribution in [2.45, 2.75) is 18.9 Å². The predicted octanol–water partition coefficient (Wildman–Crippen LogP) is 0.756. The Balaban J connectivity index is 2.31. The Morgan fingerprint density at radius 3 is 2.61 bits per heavy atom. The zero-order valence-electron chi connectivity index (χ0n) is 10.4. The van der Waals surface area contributed by atoms with Crippen LogP contribution in [0.25, 0.3) is 0 Å². The van der Waals surface area contributed by atoms with Gasteiger partial charge < -0.3 is 15.8 Å². The third kappa shape index (κ3) is 4.55. The highest BCUT2D eigenvalue weighted by Crippen LogP contribution is 2.09. The van der Waals surface area contributed by atoms with E-state index < -0.39 is 6.04 Å². The summed E-state index contributed by atoms with van der Waals surface area (Å²) in [6, 6.07) is 8.46. The molecular weight excluding hydrogens is 232 g/mol. The molecule has 1 amide bonds. The third-order valence-corrected chi connectivity index (χ3v) is 2.53. The molecule has 5 nitrogen and oxygen atoms in total. The summed E-state index contributed by atoms with van der Waals surface area (Å²) >= 11 is 0. The van der Waals surface area contributed by atoms with Gasteiger partial charge in [0.1, 0.15) is 6.04 Å². The van der Waals surface area contributed by atoms with Crippen LogP contribution in [0.15, 0.2) is 30.3 Å². The van der Waals surface area contributed by atoms with Crippen molar-refractivity contribution in [3.63, 3.8) is 0 Å². The lowest BCUT2D eigenvalue weighted by molar-refractivity contribution is -0.140. The molecular formula is C13H18N2O3. The monoisotopic (exact) mass is 250 g/mol. The predicted molar refractivity (Wildman–Crippen MR) is 67.6 cm³/mol. The van der Waals surface area contributed by atoms with Crippen molar-refractivity contribution in [3.8, 4) is 0 Å². The van der Waals surface area contributed by atoms with Gasteiger partial charge in [-0.15, -0.1) is 0 Å². The normalized spacial score (nSPS) is 11.7. The molecule has 0 aliphatic rings. The van der Waals surface area contributed by atoms with Crippen LogP contribution in [-0.2, 0) is 14.3 Å². The first kappa shape index (κ1) is 14.2. The molecule has 3 N–H and O–H groups in total. The molecule has 0 saturated carbocycles. The van der Waals surface area contributed by atoms with E-state index in [1.807, 2.05) is 18.2 Å². The van der Waals surface area contributed by atoms with Gasteiger partial charge in [-0.25, -0.2) is 0 Å². The van der Waals surface area contributed by atoms with E-state index in [-0.39, 0.29) is 18.3 Å². The summed E-state index contributed by atoms with van der Waals surface area (Å²) in [5, 5.41) is 2.69. The second kappa shape index (κ2) is 7.45. The fourth-order valence-corrected chi connectivity index (χ4v) is 1.47. The number of rotatable bonds is 6. The summed E-state index contributed by atoms with van der Waals surface area (Å²) in [4.78, 5) is 22.6. The maximum absolute atomic E-state index is 11.7. The highest BCUT2D eigenvalue weighted by Gasteiger charge is 2.14. The zero-order valence-corrected chi connectivity index (χ0v) is 10.4. The molecule has 0 aromatic heterocycles. The van der Waals surface area contributed by atoms with Crippen molar-refractivity contribution in [1.29, 1.82) is 0 Å². The number of nitrogens with one attached hydrogen (secondary N) is 1. The average molecular weight is 250 g/mol. The van der Waals surface area contributed by atoms with E-state index in [1.165, 1.54) is 7.11 Å². The van der Waals surface area contributed by atoms with E-state index in [2.05, 4.69) is 10.1 Å². The highest BCUT2D eigenvalue weighted by molar-refractivity contribution is 5.82. The van der Waals surface area contributed by atoms with E-state index in [1.54, 1.807) is 12.1 Å². The van der Waals surface area contributed by atoms with Crippen LogP contribution in [0, 0.1) is 0 Å². The van der Waals surface area contributed by atoms with Crippen molar-refractivity contribution < 1.29 is 14.3 Å². The smallest absolute Gasteiger partial charge is 0.305 e. The van der Waals surface area contributed by atoms with E-state index in [4.69, 9.17) is 5.73 Å². The van der Waals surface area contributed by atoms with Crippen LogP contribution in [0.1, 0.15) is 24.4 Å². The largest absolute Gasteiger partial charge is 0.469 e. The van der Waals surface area contributed by atoms with Gasteiger partial charge in [-0.1, -0.05) is 30.3 Å². The third-order valence-electron chi connectivity index (χ3n) is 2.53. The standard InChI is InChI=1S/C13H18N2O3/c1-18-11(16)8-5-9-15-13(17)12(14)10-6-3-2-4-7-10/h2-4,6-7,12H,5,8-9,14H2,1H3,(H,15,17)/t12-/m0/s1. The summed E-state index contributed by atoms with van der Waals surface area (Å²) in [7, 11) is 1.34. The molecule has 0 unspecified atom stereocenters. The summed E-state index contributed by atoms with van der Waals surface area (Å²) in [5.41, 5.74) is 6.57. The molecule has 0 spiro atoms. The zero-order chi connectivity index (χ0) is 13.4. The van der Waals surface area contributed by atoms with E-state index in [0.29, 0.717) is 13.0 Å². The average Bonchev–Trinajstić information content (AvgIpc) is 2.43. The Morgan fingerprint density at radius 2 is 2.00 bits per heavy atom. The maximum atomic E-state index is 11.7. The number of hydrogen-bond acceptors (Lipinski definition) is 4. The van der Waals surface area contributed by atoms with E-state index in [0.717, 1.165) is 5.56 Å². The van der Waals surface area contributed by atoms with Gasteiger partial charge in [0, 0.05) is 13.0 Å². The fourth-order valence-electron chi connectivity index (χ4n) is 1.47. The number of benzene rings is 1. The molecule has 0 radical (unpaired) electrons. The Kier molecular flexibility index (Phi) is 5.87. The van der Waals surface area contributed by atoms with Crippen molar-refractivity contribution in [3.05, 3.63) is 35.9 Å². The molecule has 1 atom stereocenters. The van der Waals surface area contributed by atoms with Gasteiger partial charge in [0.25, 0.3) is 0 Å². The minimum atomic E-state index is -0.677. The molecule has 1 rings (SSSR count). The van der Waals surface area contributed by atoms with Crippen molar-refractivity contribution >= 4 is 11.9 Å². The van der Waals surface area contributed by atoms with Gasteiger partial charge >= 0.3 is 5.97 Å². The van der Waals surface area contributed by atoms with Gasteiger partial charge in [-0.3, -0.25) is 9.59 Å². The number of hydrogen-bond donors (Lipinski definition) is 2. The Morgan fingerprint density at radius 1 is 1.33 bits per heavy atom. The van der Waals surface area contributed by atoms with Crippen LogP contribution < -0.4 is 11.1 Å². The molecule has 0 aliphatic carbocycles. The first-order valence-corrected chi connectivity index (χ1v) is 5.80. The Hall–Kier alpha value is -1.88. The highest BCUT2D eigenvalue weighted by atomic mass is 16.5. The first-order chi connectivity index (χ1) is 8.65. The van der Waals surface area contributed by atoms with E-state index in [9.17, 15) is 9.59 Å². The van der Waals surface area contributed by atoms with Crippen LogP contribution in [-0.4, -0.2) is 25.5 Å². The molecule has 1 aromatic carbocycles. The van der Waals surface area contributed by atoms with Gasteiger partial charge in [0.15, 0.2) is 0 Å². The number of amides is 1. The fraction of sp³-hybridized carbons (Fsp3) is 0.385. The van der Waals surface area contributed by atoms with Gasteiger partial charge in [-0.2, -0.15) is 0 Å². The van der Waals surface area contributed by atoms with Crippen LogP contribution in [0.3, 0.4) is 0 Å². The Bertz CT molecular complexity index is 392. The summed E-state index contributed by atoms with van der Waals surface area (Å²) in [6.07, 6.45) is 0.831. The minimum Gasteiger partial charge on any atom is -0.469 e. The number of carbonyl (C=O) groups is 2. The number of esters is 1. The number of ether oxygens (including phenoxy) is 1. The van der Waals surface area contributed by atoms with Gasteiger partial charge in [0.2, 0.25) is 5.91 Å². The molecule has 18 heavy (non-hydrogen) atoms. The number of nitrogens with two attached hydrogens (primary N) is 1. The summed E-state index contributed by atoms with van der Waals surface area (Å²) in [6.45, 7) is 0.411. The second-order valence-electron chi connectivity index (χ2n) is 3.86. The van der Waals surface area contributed by atoms with Crippen molar-refractivity contribution in [2.24, 2.45) is 5.73 Å². The van der Waals surface area contributed by atoms with Crippen molar-refractivity contribution in [1.82, 2.24) is 5.32 Å². The topological polar surface area (TPSA) is 81.4 Å².